The molecule has 1 saturated carbocycles. The third-order valence-electron chi connectivity index (χ3n) is 3.97. The van der Waals surface area contributed by atoms with E-state index in [2.05, 4.69) is 30.8 Å². The lowest BCUT2D eigenvalue weighted by Crippen LogP contribution is -2.35. The maximum atomic E-state index is 12.2. The molecular formula is C15H30N2O. The molecule has 0 spiro atoms. The number of rotatable bonds is 8. The predicted octanol–water partition coefficient (Wildman–Crippen LogP) is 2.41. The van der Waals surface area contributed by atoms with Crippen molar-refractivity contribution in [1.82, 2.24) is 9.80 Å². The first-order chi connectivity index (χ1) is 8.63. The van der Waals surface area contributed by atoms with Crippen LogP contribution in [-0.4, -0.2) is 55.9 Å². The molecule has 0 aromatic heterocycles. The summed E-state index contributed by atoms with van der Waals surface area (Å²) in [6.45, 7) is 5.98. The number of likely N-dealkylation sites (N-methyl/N-ethyl adjacent to an activating group) is 1. The molecular weight excluding hydrogens is 224 g/mol. The van der Waals surface area contributed by atoms with Gasteiger partial charge in [-0.2, -0.15) is 0 Å². The van der Waals surface area contributed by atoms with Crippen LogP contribution in [0.3, 0.4) is 0 Å². The van der Waals surface area contributed by atoms with E-state index in [0.717, 1.165) is 38.9 Å². The van der Waals surface area contributed by atoms with Gasteiger partial charge in [0.05, 0.1) is 6.54 Å². The lowest BCUT2D eigenvalue weighted by molar-refractivity contribution is -0.124. The molecule has 3 heteroatoms. The fourth-order valence-electron chi connectivity index (χ4n) is 2.73. The van der Waals surface area contributed by atoms with E-state index in [1.807, 2.05) is 0 Å². The van der Waals surface area contributed by atoms with Crippen LogP contribution in [0.2, 0.25) is 0 Å². The van der Waals surface area contributed by atoms with Crippen molar-refractivity contribution in [2.75, 3.05) is 40.3 Å². The van der Waals surface area contributed by atoms with E-state index < -0.39 is 0 Å². The van der Waals surface area contributed by atoms with Gasteiger partial charge < -0.3 is 4.90 Å². The molecule has 0 aliphatic heterocycles. The van der Waals surface area contributed by atoms with E-state index in [-0.39, 0.29) is 0 Å². The van der Waals surface area contributed by atoms with Crippen LogP contribution in [0, 0.1) is 5.92 Å². The Morgan fingerprint density at radius 3 is 2.33 bits per heavy atom. The molecule has 0 saturated heterocycles. The van der Waals surface area contributed by atoms with Crippen molar-refractivity contribution in [2.45, 2.75) is 45.4 Å². The van der Waals surface area contributed by atoms with Crippen LogP contribution in [0.4, 0.5) is 0 Å². The SMILES string of the molecule is CCN(CCCN(C)C)CC(=O)C1CCCCC1. The van der Waals surface area contributed by atoms with E-state index in [4.69, 9.17) is 0 Å². The number of Topliss-reactive ketones (excluding diaryl/α,β-unsaturated/α-hetero) is 1. The standard InChI is InChI=1S/C15H30N2O/c1-4-17(12-8-11-16(2)3)13-15(18)14-9-6-5-7-10-14/h14H,4-13H2,1-3H3. The van der Waals surface area contributed by atoms with Crippen molar-refractivity contribution in [3.05, 3.63) is 0 Å². The van der Waals surface area contributed by atoms with Gasteiger partial charge in [0.1, 0.15) is 5.78 Å². The molecule has 3 nitrogen and oxygen atoms in total. The molecule has 0 atom stereocenters. The van der Waals surface area contributed by atoms with Gasteiger partial charge in [-0.25, -0.2) is 0 Å². The Morgan fingerprint density at radius 2 is 1.78 bits per heavy atom. The molecule has 0 heterocycles. The zero-order valence-electron chi connectivity index (χ0n) is 12.5. The number of carbonyl (C=O) groups excluding carboxylic acids is 1. The van der Waals surface area contributed by atoms with Crippen LogP contribution in [-0.2, 0) is 4.79 Å². The lowest BCUT2D eigenvalue weighted by Gasteiger charge is -2.25. The Balaban J connectivity index is 2.25. The van der Waals surface area contributed by atoms with Gasteiger partial charge in [-0.3, -0.25) is 9.69 Å². The molecule has 0 radical (unpaired) electrons. The zero-order valence-corrected chi connectivity index (χ0v) is 12.5. The Morgan fingerprint density at radius 1 is 1.11 bits per heavy atom. The van der Waals surface area contributed by atoms with Crippen LogP contribution >= 0.6 is 0 Å². The quantitative estimate of drug-likeness (QED) is 0.664. The highest BCUT2D eigenvalue weighted by Crippen LogP contribution is 2.24. The number of hydrogen-bond donors (Lipinski definition) is 0. The highest BCUT2D eigenvalue weighted by molar-refractivity contribution is 5.83. The first-order valence-corrected chi connectivity index (χ1v) is 7.53. The second kappa shape index (κ2) is 8.65. The summed E-state index contributed by atoms with van der Waals surface area (Å²) in [6.07, 6.45) is 7.25. The maximum Gasteiger partial charge on any atom is 0.149 e. The van der Waals surface area contributed by atoms with E-state index in [1.54, 1.807) is 0 Å². The second-order valence-corrected chi connectivity index (χ2v) is 5.83. The van der Waals surface area contributed by atoms with Gasteiger partial charge in [0, 0.05) is 5.92 Å². The van der Waals surface area contributed by atoms with Crippen molar-refractivity contribution >= 4 is 5.78 Å². The molecule has 0 bridgehead atoms. The molecule has 1 aliphatic carbocycles. The van der Waals surface area contributed by atoms with Gasteiger partial charge in [0.2, 0.25) is 0 Å². The average Bonchev–Trinajstić information content (AvgIpc) is 2.38. The van der Waals surface area contributed by atoms with Gasteiger partial charge in [0.25, 0.3) is 0 Å². The minimum Gasteiger partial charge on any atom is -0.309 e. The fraction of sp³-hybridized carbons (Fsp3) is 0.933. The molecule has 0 aromatic carbocycles. The number of nitrogens with zero attached hydrogens (tertiary/aromatic N) is 2. The van der Waals surface area contributed by atoms with Crippen LogP contribution in [0.1, 0.15) is 45.4 Å². The van der Waals surface area contributed by atoms with Crippen LogP contribution in [0.25, 0.3) is 0 Å². The monoisotopic (exact) mass is 254 g/mol. The maximum absolute atomic E-state index is 12.2. The smallest absolute Gasteiger partial charge is 0.149 e. The molecule has 1 aliphatic rings. The number of carbonyl (C=O) groups is 1. The highest BCUT2D eigenvalue weighted by atomic mass is 16.1. The minimum atomic E-state index is 0.363. The summed E-state index contributed by atoms with van der Waals surface area (Å²) < 4.78 is 0. The van der Waals surface area contributed by atoms with E-state index in [9.17, 15) is 4.79 Å². The van der Waals surface area contributed by atoms with E-state index in [1.165, 1.54) is 19.3 Å². The van der Waals surface area contributed by atoms with Crippen molar-refractivity contribution in [3.63, 3.8) is 0 Å². The van der Waals surface area contributed by atoms with Crippen molar-refractivity contribution in [1.29, 1.82) is 0 Å². The lowest BCUT2D eigenvalue weighted by atomic mass is 9.86. The predicted molar refractivity (Wildman–Crippen MR) is 76.9 cm³/mol. The molecule has 0 N–H and O–H groups in total. The summed E-state index contributed by atoms with van der Waals surface area (Å²) in [5, 5.41) is 0. The Labute approximate surface area is 113 Å². The Hall–Kier alpha value is -0.410. The van der Waals surface area contributed by atoms with Gasteiger partial charge in [-0.05, 0) is 53.0 Å². The molecule has 1 rings (SSSR count). The van der Waals surface area contributed by atoms with E-state index in [0.29, 0.717) is 18.2 Å². The third-order valence-corrected chi connectivity index (χ3v) is 3.97. The first kappa shape index (κ1) is 15.6. The van der Waals surface area contributed by atoms with Crippen LogP contribution in [0.5, 0.6) is 0 Å². The molecule has 0 amide bonds. The van der Waals surface area contributed by atoms with Gasteiger partial charge >= 0.3 is 0 Å². The van der Waals surface area contributed by atoms with Gasteiger partial charge in [0.15, 0.2) is 0 Å². The minimum absolute atomic E-state index is 0.363. The van der Waals surface area contributed by atoms with Crippen LogP contribution in [0.15, 0.2) is 0 Å². The summed E-state index contributed by atoms with van der Waals surface area (Å²) >= 11 is 0. The molecule has 1 fully saturated rings. The third kappa shape index (κ3) is 5.96. The molecule has 18 heavy (non-hydrogen) atoms. The highest BCUT2D eigenvalue weighted by Gasteiger charge is 2.22. The average molecular weight is 254 g/mol. The molecule has 0 aromatic rings. The first-order valence-electron chi connectivity index (χ1n) is 7.53. The van der Waals surface area contributed by atoms with Gasteiger partial charge in [-0.1, -0.05) is 26.2 Å². The fourth-order valence-corrected chi connectivity index (χ4v) is 2.73. The number of hydrogen-bond acceptors (Lipinski definition) is 3. The van der Waals surface area contributed by atoms with Crippen molar-refractivity contribution in [2.24, 2.45) is 5.92 Å². The van der Waals surface area contributed by atoms with Gasteiger partial charge in [-0.15, -0.1) is 0 Å². The van der Waals surface area contributed by atoms with Crippen molar-refractivity contribution < 1.29 is 4.79 Å². The van der Waals surface area contributed by atoms with Crippen LogP contribution < -0.4 is 0 Å². The topological polar surface area (TPSA) is 23.6 Å². The summed E-state index contributed by atoms with van der Waals surface area (Å²) in [5.41, 5.74) is 0. The molecule has 106 valence electrons. The summed E-state index contributed by atoms with van der Waals surface area (Å²) in [5.74, 6) is 0.850. The summed E-state index contributed by atoms with van der Waals surface area (Å²) in [7, 11) is 4.20. The summed E-state index contributed by atoms with van der Waals surface area (Å²) in [6, 6.07) is 0. The number of ketones is 1. The summed E-state index contributed by atoms with van der Waals surface area (Å²) in [4.78, 5) is 16.7. The zero-order chi connectivity index (χ0) is 13.4. The Kier molecular flexibility index (Phi) is 7.52. The van der Waals surface area contributed by atoms with E-state index >= 15 is 0 Å². The second-order valence-electron chi connectivity index (χ2n) is 5.83. The molecule has 0 unspecified atom stereocenters. The Bertz CT molecular complexity index is 235. The largest absolute Gasteiger partial charge is 0.309 e. The normalized spacial score (nSPS) is 17.6. The van der Waals surface area contributed by atoms with Crippen molar-refractivity contribution in [3.8, 4) is 0 Å².